The number of anilines is 1. The van der Waals surface area contributed by atoms with E-state index < -0.39 is 23.1 Å². The number of nitrogens with one attached hydrogen (secondary N) is 1. The van der Waals surface area contributed by atoms with Gasteiger partial charge in [-0.25, -0.2) is 0 Å². The summed E-state index contributed by atoms with van der Waals surface area (Å²) < 4.78 is 55.4. The fourth-order valence-electron chi connectivity index (χ4n) is 6.24. The van der Waals surface area contributed by atoms with Crippen LogP contribution in [-0.4, -0.2) is 53.1 Å². The molecular weight excluding hydrogens is 523 g/mol. The molecule has 40 heavy (non-hydrogen) atoms. The smallest absolute Gasteiger partial charge is 0.383 e. The summed E-state index contributed by atoms with van der Waals surface area (Å²) in [6.45, 7) is 0.572. The van der Waals surface area contributed by atoms with Crippen LogP contribution in [0.15, 0.2) is 42.7 Å². The largest absolute Gasteiger partial charge is 0.416 e. The molecule has 3 aliphatic rings. The molecule has 0 atom stereocenters. The van der Waals surface area contributed by atoms with Crippen molar-refractivity contribution in [3.05, 3.63) is 76.4 Å². The van der Waals surface area contributed by atoms with E-state index in [4.69, 9.17) is 9.47 Å². The van der Waals surface area contributed by atoms with Crippen LogP contribution in [-0.2, 0) is 41.2 Å². The lowest BCUT2D eigenvalue weighted by atomic mass is 9.62. The number of nitrogens with zero attached hydrogens (tertiary/aromatic N) is 4. The zero-order chi connectivity index (χ0) is 28.3. The average molecular weight is 556 g/mol. The van der Waals surface area contributed by atoms with Gasteiger partial charge in [0.1, 0.15) is 12.2 Å². The van der Waals surface area contributed by atoms with Crippen molar-refractivity contribution in [2.24, 2.45) is 7.05 Å². The standard InChI is InChI=1S/C29H32F3N5O3/c1-36-17-34-35-26(36)28(12-21(13-28)40-3)19-5-4-6-20(11-19)37-15-23-22(25(37)38)9-18(10-24(23)29(30,31)32)14-33-27(7-8-27)16-39-2/h4-6,9-11,17,21,33H,7-8,12-16H2,1-3H3. The number of halogens is 3. The van der Waals surface area contributed by atoms with E-state index in [0.717, 1.165) is 24.2 Å². The summed E-state index contributed by atoms with van der Waals surface area (Å²) in [7, 11) is 5.16. The highest BCUT2D eigenvalue weighted by Gasteiger charge is 2.51. The zero-order valence-corrected chi connectivity index (χ0v) is 22.7. The third kappa shape index (κ3) is 4.49. The molecule has 212 valence electrons. The summed E-state index contributed by atoms with van der Waals surface area (Å²) in [6, 6.07) is 10.2. The van der Waals surface area contributed by atoms with E-state index in [1.165, 1.54) is 11.0 Å². The number of alkyl halides is 3. The van der Waals surface area contributed by atoms with Crippen molar-refractivity contribution in [1.82, 2.24) is 20.1 Å². The molecule has 2 fully saturated rings. The molecule has 2 saturated carbocycles. The van der Waals surface area contributed by atoms with Gasteiger partial charge in [-0.2, -0.15) is 13.2 Å². The van der Waals surface area contributed by atoms with Crippen LogP contribution >= 0.6 is 0 Å². The fraction of sp³-hybridized carbons (Fsp3) is 0.483. The molecule has 1 amide bonds. The first-order valence-electron chi connectivity index (χ1n) is 13.4. The van der Waals surface area contributed by atoms with Gasteiger partial charge in [0.05, 0.1) is 30.2 Å². The fourth-order valence-corrected chi connectivity index (χ4v) is 6.24. The third-order valence-corrected chi connectivity index (χ3v) is 8.68. The van der Waals surface area contributed by atoms with E-state index in [-0.39, 0.29) is 35.9 Å². The molecule has 1 aromatic heterocycles. The van der Waals surface area contributed by atoms with Crippen LogP contribution in [0.1, 0.15) is 64.1 Å². The number of hydrogen-bond donors (Lipinski definition) is 1. The van der Waals surface area contributed by atoms with Gasteiger partial charge >= 0.3 is 6.18 Å². The molecule has 11 heteroatoms. The minimum absolute atomic E-state index is 0.00999. The summed E-state index contributed by atoms with van der Waals surface area (Å²) in [5.74, 6) is 0.348. The molecule has 0 unspecified atom stereocenters. The lowest BCUT2D eigenvalue weighted by Gasteiger charge is -2.46. The molecule has 3 aromatic rings. The van der Waals surface area contributed by atoms with Crippen LogP contribution in [0.25, 0.3) is 0 Å². The SMILES string of the molecule is COCC1(NCc2cc3c(c(C(F)(F)F)c2)CN(c2cccc(C4(c5nncn5C)CC(OC)C4)c2)C3=O)CC1. The highest BCUT2D eigenvalue weighted by Crippen LogP contribution is 2.50. The summed E-state index contributed by atoms with van der Waals surface area (Å²) in [5, 5.41) is 11.8. The number of carbonyl (C=O) groups excluding carboxylic acids is 1. The lowest BCUT2D eigenvalue weighted by Crippen LogP contribution is -2.48. The predicted molar refractivity (Wildman–Crippen MR) is 141 cm³/mol. The normalized spacial score (nSPS) is 23.3. The molecule has 2 aliphatic carbocycles. The molecule has 0 spiro atoms. The lowest BCUT2D eigenvalue weighted by molar-refractivity contribution is -0.138. The Bertz CT molecular complexity index is 1440. The van der Waals surface area contributed by atoms with E-state index in [9.17, 15) is 18.0 Å². The molecule has 2 aromatic carbocycles. The summed E-state index contributed by atoms with van der Waals surface area (Å²) >= 11 is 0. The summed E-state index contributed by atoms with van der Waals surface area (Å²) in [4.78, 5) is 15.1. The number of aromatic nitrogens is 3. The molecule has 1 N–H and O–H groups in total. The Morgan fingerprint density at radius 1 is 1.15 bits per heavy atom. The number of rotatable bonds is 9. The van der Waals surface area contributed by atoms with Gasteiger partial charge in [0.2, 0.25) is 0 Å². The number of methoxy groups -OCH3 is 2. The van der Waals surface area contributed by atoms with Gasteiger partial charge in [0.15, 0.2) is 0 Å². The van der Waals surface area contributed by atoms with E-state index in [0.29, 0.717) is 30.7 Å². The van der Waals surface area contributed by atoms with Crippen LogP contribution in [0.2, 0.25) is 0 Å². The minimum atomic E-state index is -4.58. The van der Waals surface area contributed by atoms with Gasteiger partial charge in [-0.3, -0.25) is 4.79 Å². The van der Waals surface area contributed by atoms with E-state index in [1.54, 1.807) is 32.7 Å². The maximum absolute atomic E-state index is 14.2. The molecule has 1 aliphatic heterocycles. The highest BCUT2D eigenvalue weighted by atomic mass is 19.4. The van der Waals surface area contributed by atoms with Crippen molar-refractivity contribution in [3.8, 4) is 0 Å². The Hall–Kier alpha value is -3.28. The van der Waals surface area contributed by atoms with Crippen LogP contribution in [0, 0.1) is 0 Å². The van der Waals surface area contributed by atoms with E-state index in [2.05, 4.69) is 15.5 Å². The second-order valence-corrected chi connectivity index (χ2v) is 11.3. The van der Waals surface area contributed by atoms with Crippen molar-refractivity contribution < 1.29 is 27.4 Å². The van der Waals surface area contributed by atoms with Crippen LogP contribution in [0.4, 0.5) is 18.9 Å². The Kier molecular flexibility index (Phi) is 6.51. The second kappa shape index (κ2) is 9.67. The quantitative estimate of drug-likeness (QED) is 0.423. The number of amides is 1. The number of ether oxygens (including phenoxy) is 2. The Morgan fingerprint density at radius 3 is 2.55 bits per heavy atom. The number of carbonyl (C=O) groups is 1. The first-order chi connectivity index (χ1) is 19.1. The maximum Gasteiger partial charge on any atom is 0.416 e. The van der Waals surface area contributed by atoms with Gasteiger partial charge in [-0.05, 0) is 66.6 Å². The first kappa shape index (κ1) is 26.9. The monoisotopic (exact) mass is 555 g/mol. The third-order valence-electron chi connectivity index (χ3n) is 8.68. The molecule has 6 rings (SSSR count). The topological polar surface area (TPSA) is 81.5 Å². The van der Waals surface area contributed by atoms with Gasteiger partial charge in [-0.15, -0.1) is 10.2 Å². The van der Waals surface area contributed by atoms with Crippen molar-refractivity contribution in [2.75, 3.05) is 25.7 Å². The van der Waals surface area contributed by atoms with Crippen LogP contribution in [0.3, 0.4) is 0 Å². The molecular formula is C29H32F3N5O3. The number of hydrogen-bond acceptors (Lipinski definition) is 6. The maximum atomic E-state index is 14.2. The highest BCUT2D eigenvalue weighted by molar-refractivity contribution is 6.10. The molecule has 0 radical (unpaired) electrons. The van der Waals surface area contributed by atoms with Gasteiger partial charge in [0, 0.05) is 44.6 Å². The number of aryl methyl sites for hydroxylation is 1. The van der Waals surface area contributed by atoms with Crippen molar-refractivity contribution in [1.29, 1.82) is 0 Å². The zero-order valence-electron chi connectivity index (χ0n) is 22.7. The molecule has 0 saturated heterocycles. The van der Waals surface area contributed by atoms with Crippen molar-refractivity contribution in [2.45, 2.75) is 62.0 Å². The van der Waals surface area contributed by atoms with Crippen molar-refractivity contribution in [3.63, 3.8) is 0 Å². The Morgan fingerprint density at radius 2 is 1.93 bits per heavy atom. The summed E-state index contributed by atoms with van der Waals surface area (Å²) in [6.07, 6.45) is 0.299. The number of benzene rings is 2. The Labute approximate surface area is 230 Å². The Balaban J connectivity index is 1.33. The van der Waals surface area contributed by atoms with Crippen molar-refractivity contribution >= 4 is 11.6 Å². The van der Waals surface area contributed by atoms with E-state index in [1.807, 2.05) is 29.8 Å². The van der Waals surface area contributed by atoms with Gasteiger partial charge in [0.25, 0.3) is 5.91 Å². The molecule has 8 nitrogen and oxygen atoms in total. The van der Waals surface area contributed by atoms with Crippen LogP contribution < -0.4 is 10.2 Å². The van der Waals surface area contributed by atoms with Crippen LogP contribution in [0.5, 0.6) is 0 Å². The van der Waals surface area contributed by atoms with Gasteiger partial charge in [-0.1, -0.05) is 12.1 Å². The minimum Gasteiger partial charge on any atom is -0.383 e. The first-order valence-corrected chi connectivity index (χ1v) is 13.4. The van der Waals surface area contributed by atoms with E-state index >= 15 is 0 Å². The number of fused-ring (bicyclic) bond motifs is 1. The molecule has 2 heterocycles. The second-order valence-electron chi connectivity index (χ2n) is 11.3. The predicted octanol–water partition coefficient (Wildman–Crippen LogP) is 4.36. The molecule has 0 bridgehead atoms. The van der Waals surface area contributed by atoms with Gasteiger partial charge < -0.3 is 24.3 Å². The average Bonchev–Trinajstić information content (AvgIpc) is 3.41. The summed E-state index contributed by atoms with van der Waals surface area (Å²) in [5.41, 5.74) is 0.578.